The molecule has 0 aliphatic heterocycles. The molecule has 0 saturated heterocycles. The van der Waals surface area contributed by atoms with E-state index in [-0.39, 0.29) is 0 Å². The first kappa shape index (κ1) is 12.0. The minimum Gasteiger partial charge on any atom is -0.311 e. The van der Waals surface area contributed by atoms with Crippen molar-refractivity contribution in [2.45, 2.75) is 37.0 Å². The van der Waals surface area contributed by atoms with Crippen molar-refractivity contribution >= 4 is 11.8 Å². The SMILES string of the molecule is CNC(CSC1CCCC1)c1ccn(C)n1. The molecule has 2 rings (SSSR count). The molecule has 1 unspecified atom stereocenters. The Morgan fingerprint density at radius 2 is 2.31 bits per heavy atom. The van der Waals surface area contributed by atoms with Crippen molar-refractivity contribution in [1.29, 1.82) is 0 Å². The van der Waals surface area contributed by atoms with Crippen molar-refractivity contribution in [3.8, 4) is 0 Å². The summed E-state index contributed by atoms with van der Waals surface area (Å²) < 4.78 is 1.87. The lowest BCUT2D eigenvalue weighted by Gasteiger charge is -2.16. The van der Waals surface area contributed by atoms with Gasteiger partial charge >= 0.3 is 0 Å². The zero-order valence-corrected chi connectivity index (χ0v) is 11.0. The molecular formula is C12H21N3S. The number of aryl methyl sites for hydroxylation is 1. The smallest absolute Gasteiger partial charge is 0.0802 e. The lowest BCUT2D eigenvalue weighted by molar-refractivity contribution is 0.618. The topological polar surface area (TPSA) is 29.9 Å². The van der Waals surface area contributed by atoms with Crippen molar-refractivity contribution in [1.82, 2.24) is 15.1 Å². The zero-order valence-electron chi connectivity index (χ0n) is 10.1. The minimum atomic E-state index is 0.395. The van der Waals surface area contributed by atoms with Gasteiger partial charge in [-0.25, -0.2) is 0 Å². The second-order valence-corrected chi connectivity index (χ2v) is 5.83. The minimum absolute atomic E-state index is 0.395. The summed E-state index contributed by atoms with van der Waals surface area (Å²) in [6.07, 6.45) is 7.67. The molecule has 4 heteroatoms. The molecule has 1 aromatic heterocycles. The van der Waals surface area contributed by atoms with Crippen molar-refractivity contribution < 1.29 is 0 Å². The number of nitrogens with one attached hydrogen (secondary N) is 1. The molecular weight excluding hydrogens is 218 g/mol. The van der Waals surface area contributed by atoms with Gasteiger partial charge in [-0.3, -0.25) is 4.68 Å². The van der Waals surface area contributed by atoms with Crippen LogP contribution in [0.5, 0.6) is 0 Å². The predicted octanol–water partition coefficient (Wildman–Crippen LogP) is 2.36. The molecule has 1 fully saturated rings. The first-order valence-electron chi connectivity index (χ1n) is 6.08. The number of hydrogen-bond donors (Lipinski definition) is 1. The Bertz CT molecular complexity index is 318. The van der Waals surface area contributed by atoms with Gasteiger partial charge in [0.15, 0.2) is 0 Å². The number of thioether (sulfide) groups is 1. The van der Waals surface area contributed by atoms with Crippen LogP contribution in [0, 0.1) is 0 Å². The summed E-state index contributed by atoms with van der Waals surface area (Å²) in [5.41, 5.74) is 1.16. The summed E-state index contributed by atoms with van der Waals surface area (Å²) in [6.45, 7) is 0. The molecule has 0 amide bonds. The van der Waals surface area contributed by atoms with Gasteiger partial charge < -0.3 is 5.32 Å². The van der Waals surface area contributed by atoms with E-state index in [0.29, 0.717) is 6.04 Å². The van der Waals surface area contributed by atoms with Gasteiger partial charge in [-0.2, -0.15) is 16.9 Å². The second-order valence-electron chi connectivity index (χ2n) is 4.50. The Balaban J connectivity index is 1.85. The Morgan fingerprint density at radius 1 is 1.56 bits per heavy atom. The van der Waals surface area contributed by atoms with E-state index in [1.165, 1.54) is 25.7 Å². The van der Waals surface area contributed by atoms with Crippen LogP contribution in [-0.4, -0.2) is 27.8 Å². The second kappa shape index (κ2) is 5.73. The highest BCUT2D eigenvalue weighted by atomic mass is 32.2. The van der Waals surface area contributed by atoms with Crippen LogP contribution in [0.3, 0.4) is 0 Å². The maximum absolute atomic E-state index is 4.47. The Hall–Kier alpha value is -0.480. The van der Waals surface area contributed by atoms with Crippen LogP contribution in [-0.2, 0) is 7.05 Å². The number of hydrogen-bond acceptors (Lipinski definition) is 3. The summed E-state index contributed by atoms with van der Waals surface area (Å²) in [6, 6.07) is 2.50. The number of rotatable bonds is 5. The average molecular weight is 239 g/mol. The van der Waals surface area contributed by atoms with E-state index in [1.807, 2.05) is 25.0 Å². The first-order chi connectivity index (χ1) is 7.79. The van der Waals surface area contributed by atoms with E-state index < -0.39 is 0 Å². The van der Waals surface area contributed by atoms with Gasteiger partial charge in [0.05, 0.1) is 11.7 Å². The first-order valence-corrected chi connectivity index (χ1v) is 7.13. The predicted molar refractivity (Wildman–Crippen MR) is 69.7 cm³/mol. The number of aromatic nitrogens is 2. The molecule has 1 aliphatic carbocycles. The Labute approximate surface area is 102 Å². The third-order valence-electron chi connectivity index (χ3n) is 3.24. The lowest BCUT2D eigenvalue weighted by Crippen LogP contribution is -2.20. The fraction of sp³-hybridized carbons (Fsp3) is 0.750. The highest BCUT2D eigenvalue weighted by molar-refractivity contribution is 7.99. The summed E-state index contributed by atoms with van der Waals surface area (Å²) in [5, 5.41) is 8.72. The largest absolute Gasteiger partial charge is 0.311 e. The maximum atomic E-state index is 4.47. The Kier molecular flexibility index (Phi) is 4.29. The summed E-state index contributed by atoms with van der Waals surface area (Å²) in [5.74, 6) is 1.14. The van der Waals surface area contributed by atoms with E-state index >= 15 is 0 Å². The maximum Gasteiger partial charge on any atom is 0.0802 e. The molecule has 1 aliphatic rings. The van der Waals surface area contributed by atoms with Crippen LogP contribution < -0.4 is 5.32 Å². The fourth-order valence-corrected chi connectivity index (χ4v) is 3.69. The standard InChI is InChI=1S/C12H21N3S/c1-13-12(11-7-8-15(2)14-11)9-16-10-5-3-4-6-10/h7-8,10,12-13H,3-6,9H2,1-2H3. The quantitative estimate of drug-likeness (QED) is 0.855. The summed E-state index contributed by atoms with van der Waals surface area (Å²) >= 11 is 2.11. The molecule has 90 valence electrons. The molecule has 1 heterocycles. The van der Waals surface area contributed by atoms with Crippen LogP contribution in [0.15, 0.2) is 12.3 Å². The van der Waals surface area contributed by atoms with Crippen LogP contribution in [0.25, 0.3) is 0 Å². The zero-order chi connectivity index (χ0) is 11.4. The molecule has 3 nitrogen and oxygen atoms in total. The lowest BCUT2D eigenvalue weighted by atomic mass is 10.2. The summed E-state index contributed by atoms with van der Waals surface area (Å²) in [7, 11) is 3.99. The Morgan fingerprint density at radius 3 is 2.88 bits per heavy atom. The van der Waals surface area contributed by atoms with Gasteiger partial charge in [0.2, 0.25) is 0 Å². The van der Waals surface area contributed by atoms with Crippen molar-refractivity contribution in [2.24, 2.45) is 7.05 Å². The van der Waals surface area contributed by atoms with Crippen molar-refractivity contribution in [3.63, 3.8) is 0 Å². The van der Waals surface area contributed by atoms with Crippen LogP contribution >= 0.6 is 11.8 Å². The fourth-order valence-electron chi connectivity index (χ4n) is 2.22. The molecule has 0 aromatic carbocycles. The van der Waals surface area contributed by atoms with Gasteiger partial charge in [-0.15, -0.1) is 0 Å². The van der Waals surface area contributed by atoms with Crippen molar-refractivity contribution in [2.75, 3.05) is 12.8 Å². The van der Waals surface area contributed by atoms with E-state index in [0.717, 1.165) is 16.7 Å². The highest BCUT2D eigenvalue weighted by Gasteiger charge is 2.19. The van der Waals surface area contributed by atoms with Gasteiger partial charge in [0.1, 0.15) is 0 Å². The van der Waals surface area contributed by atoms with E-state index in [4.69, 9.17) is 0 Å². The van der Waals surface area contributed by atoms with E-state index in [2.05, 4.69) is 28.2 Å². The molecule has 1 saturated carbocycles. The average Bonchev–Trinajstić information content (AvgIpc) is 2.91. The molecule has 0 spiro atoms. The van der Waals surface area contributed by atoms with E-state index in [1.54, 1.807) is 0 Å². The third kappa shape index (κ3) is 3.01. The van der Waals surface area contributed by atoms with Crippen molar-refractivity contribution in [3.05, 3.63) is 18.0 Å². The molecule has 0 bridgehead atoms. The third-order valence-corrected chi connectivity index (χ3v) is 4.71. The van der Waals surface area contributed by atoms with Crippen LogP contribution in [0.4, 0.5) is 0 Å². The molecule has 1 N–H and O–H groups in total. The molecule has 1 atom stereocenters. The molecule has 0 radical (unpaired) electrons. The van der Waals surface area contributed by atoms with Gasteiger partial charge in [-0.05, 0) is 26.0 Å². The molecule has 1 aromatic rings. The van der Waals surface area contributed by atoms with E-state index in [9.17, 15) is 0 Å². The number of nitrogens with zero attached hydrogens (tertiary/aromatic N) is 2. The normalized spacial score (nSPS) is 19.1. The van der Waals surface area contributed by atoms with Crippen LogP contribution in [0.1, 0.15) is 37.4 Å². The van der Waals surface area contributed by atoms with Gasteiger partial charge in [0, 0.05) is 24.2 Å². The molecule has 16 heavy (non-hydrogen) atoms. The van der Waals surface area contributed by atoms with Gasteiger partial charge in [-0.1, -0.05) is 12.8 Å². The monoisotopic (exact) mass is 239 g/mol. The highest BCUT2D eigenvalue weighted by Crippen LogP contribution is 2.31. The van der Waals surface area contributed by atoms with Gasteiger partial charge in [0.25, 0.3) is 0 Å². The van der Waals surface area contributed by atoms with Crippen LogP contribution in [0.2, 0.25) is 0 Å². The summed E-state index contributed by atoms with van der Waals surface area (Å²) in [4.78, 5) is 0.